The molecule has 0 aromatic carbocycles. The molecule has 21 heavy (non-hydrogen) atoms. The van der Waals surface area contributed by atoms with Crippen molar-refractivity contribution in [1.82, 2.24) is 19.6 Å². The Morgan fingerprint density at radius 2 is 2.24 bits per heavy atom. The molecule has 0 unspecified atom stereocenters. The third kappa shape index (κ3) is 2.18. The summed E-state index contributed by atoms with van der Waals surface area (Å²) in [5.41, 5.74) is 1.98. The molecule has 0 aliphatic rings. The Kier molecular flexibility index (Phi) is 3.02. The van der Waals surface area contributed by atoms with Gasteiger partial charge in [0.1, 0.15) is 11.9 Å². The number of fused-ring (bicyclic) bond motifs is 1. The number of hydrogen-bond donors (Lipinski definition) is 2. The van der Waals surface area contributed by atoms with Crippen LogP contribution in [0.4, 0.5) is 0 Å². The van der Waals surface area contributed by atoms with Crippen molar-refractivity contribution in [1.29, 1.82) is 0 Å². The molecule has 0 saturated heterocycles. The number of H-pyrrole nitrogens is 1. The van der Waals surface area contributed by atoms with Crippen molar-refractivity contribution in [2.24, 2.45) is 0 Å². The van der Waals surface area contributed by atoms with Gasteiger partial charge in [0.05, 0.1) is 5.69 Å². The van der Waals surface area contributed by atoms with E-state index in [0.29, 0.717) is 17.8 Å². The number of carboxylic acids is 1. The largest absolute Gasteiger partial charge is 0.477 e. The number of rotatable bonds is 3. The molecule has 0 atom stereocenters. The zero-order chi connectivity index (χ0) is 15.0. The number of aromatic amines is 1. The van der Waals surface area contributed by atoms with Crippen LogP contribution in [0.1, 0.15) is 22.8 Å². The molecule has 2 N–H and O–H groups in total. The molecule has 0 fully saturated rings. The first-order valence-corrected chi connectivity index (χ1v) is 6.39. The summed E-state index contributed by atoms with van der Waals surface area (Å²) >= 11 is 0. The summed E-state index contributed by atoms with van der Waals surface area (Å²) in [5.74, 6) is -1.23. The van der Waals surface area contributed by atoms with Crippen molar-refractivity contribution in [3.8, 4) is 11.3 Å². The molecule has 0 radical (unpaired) electrons. The standard InChI is InChI=1S/C14H12N4O3/c1-2-8-5-10(14(20)21)13(19)16-12(8)9-3-4-11-17-15-7-18(11)6-9/h3-7H,2H2,1H3,(H,16,19)(H,20,21). The van der Waals surface area contributed by atoms with Crippen LogP contribution in [0.25, 0.3) is 16.9 Å². The van der Waals surface area contributed by atoms with Gasteiger partial charge in [0.25, 0.3) is 5.56 Å². The number of carbonyl (C=O) groups is 1. The van der Waals surface area contributed by atoms with Gasteiger partial charge < -0.3 is 10.1 Å². The highest BCUT2D eigenvalue weighted by Crippen LogP contribution is 2.21. The molecule has 0 aliphatic heterocycles. The molecular formula is C14H12N4O3. The Morgan fingerprint density at radius 3 is 2.95 bits per heavy atom. The maximum atomic E-state index is 11.9. The zero-order valence-corrected chi connectivity index (χ0v) is 11.2. The van der Waals surface area contributed by atoms with Gasteiger partial charge in [-0.2, -0.15) is 0 Å². The second kappa shape index (κ2) is 4.86. The first-order valence-electron chi connectivity index (χ1n) is 6.39. The van der Waals surface area contributed by atoms with E-state index in [1.165, 1.54) is 6.07 Å². The third-order valence-corrected chi connectivity index (χ3v) is 3.31. The minimum atomic E-state index is -1.23. The zero-order valence-electron chi connectivity index (χ0n) is 11.2. The highest BCUT2D eigenvalue weighted by molar-refractivity contribution is 5.88. The molecular weight excluding hydrogens is 272 g/mol. The number of pyridine rings is 2. The van der Waals surface area contributed by atoms with Crippen LogP contribution in [0, 0.1) is 0 Å². The number of hydrogen-bond acceptors (Lipinski definition) is 4. The normalized spacial score (nSPS) is 10.9. The molecule has 7 heteroatoms. The lowest BCUT2D eigenvalue weighted by atomic mass is 10.0. The molecule has 0 amide bonds. The number of carboxylic acid groups (broad SMARTS) is 1. The van der Waals surface area contributed by atoms with E-state index in [4.69, 9.17) is 5.11 Å². The van der Waals surface area contributed by atoms with Gasteiger partial charge in [-0.3, -0.25) is 9.20 Å². The molecule has 0 spiro atoms. The highest BCUT2D eigenvalue weighted by Gasteiger charge is 2.14. The molecule has 0 saturated carbocycles. The van der Waals surface area contributed by atoms with E-state index >= 15 is 0 Å². The summed E-state index contributed by atoms with van der Waals surface area (Å²) in [6.07, 6.45) is 3.96. The van der Waals surface area contributed by atoms with E-state index in [0.717, 1.165) is 11.1 Å². The van der Waals surface area contributed by atoms with E-state index in [9.17, 15) is 9.59 Å². The van der Waals surface area contributed by atoms with Crippen LogP contribution in [0.5, 0.6) is 0 Å². The van der Waals surface area contributed by atoms with Crippen LogP contribution in [0.2, 0.25) is 0 Å². The van der Waals surface area contributed by atoms with Gasteiger partial charge >= 0.3 is 5.97 Å². The number of nitrogens with one attached hydrogen (secondary N) is 1. The molecule has 3 aromatic rings. The molecule has 7 nitrogen and oxygen atoms in total. The smallest absolute Gasteiger partial charge is 0.341 e. The predicted molar refractivity (Wildman–Crippen MR) is 75.4 cm³/mol. The van der Waals surface area contributed by atoms with Crippen LogP contribution < -0.4 is 5.56 Å². The molecule has 3 aromatic heterocycles. The van der Waals surface area contributed by atoms with E-state index in [1.54, 1.807) is 23.0 Å². The fraction of sp³-hybridized carbons (Fsp3) is 0.143. The number of aromatic nitrogens is 4. The minimum absolute atomic E-state index is 0.249. The quantitative estimate of drug-likeness (QED) is 0.756. The van der Waals surface area contributed by atoms with Gasteiger partial charge in [0, 0.05) is 11.8 Å². The van der Waals surface area contributed by atoms with Crippen LogP contribution >= 0.6 is 0 Å². The highest BCUT2D eigenvalue weighted by atomic mass is 16.4. The SMILES string of the molecule is CCc1cc(C(=O)O)c(=O)[nH]c1-c1ccc2nncn2c1. The lowest BCUT2D eigenvalue weighted by molar-refractivity contribution is 0.0695. The first-order chi connectivity index (χ1) is 10.1. The van der Waals surface area contributed by atoms with Gasteiger partial charge in [-0.05, 0) is 30.2 Å². The van der Waals surface area contributed by atoms with Crippen molar-refractivity contribution in [3.05, 3.63) is 52.2 Å². The lowest BCUT2D eigenvalue weighted by Gasteiger charge is -2.09. The second-order valence-corrected chi connectivity index (χ2v) is 4.59. The summed E-state index contributed by atoms with van der Waals surface area (Å²) in [4.78, 5) is 25.6. The predicted octanol–water partition coefficient (Wildman–Crippen LogP) is 1.35. The van der Waals surface area contributed by atoms with Crippen LogP contribution in [0.15, 0.2) is 35.5 Å². The van der Waals surface area contributed by atoms with Gasteiger partial charge in [0.15, 0.2) is 5.65 Å². The summed E-state index contributed by atoms with van der Waals surface area (Å²) < 4.78 is 1.73. The average Bonchev–Trinajstić information content (AvgIpc) is 2.93. The summed E-state index contributed by atoms with van der Waals surface area (Å²) in [5, 5.41) is 16.7. The van der Waals surface area contributed by atoms with Gasteiger partial charge in [-0.25, -0.2) is 4.79 Å². The van der Waals surface area contributed by atoms with Crippen molar-refractivity contribution in [3.63, 3.8) is 0 Å². The minimum Gasteiger partial charge on any atom is -0.477 e. The van der Waals surface area contributed by atoms with Crippen LogP contribution in [-0.2, 0) is 6.42 Å². The fourth-order valence-corrected chi connectivity index (χ4v) is 2.24. The first kappa shape index (κ1) is 13.0. The van der Waals surface area contributed by atoms with Crippen molar-refractivity contribution >= 4 is 11.6 Å². The van der Waals surface area contributed by atoms with E-state index in [-0.39, 0.29) is 5.56 Å². The Balaban J connectivity index is 2.23. The van der Waals surface area contributed by atoms with Gasteiger partial charge in [-0.15, -0.1) is 10.2 Å². The number of nitrogens with zero attached hydrogens (tertiary/aromatic N) is 3. The van der Waals surface area contributed by atoms with Crippen molar-refractivity contribution in [2.45, 2.75) is 13.3 Å². The second-order valence-electron chi connectivity index (χ2n) is 4.59. The lowest BCUT2D eigenvalue weighted by Crippen LogP contribution is -2.19. The maximum Gasteiger partial charge on any atom is 0.341 e. The molecule has 3 heterocycles. The summed E-state index contributed by atoms with van der Waals surface area (Å²) in [7, 11) is 0. The Labute approximate surface area is 118 Å². The van der Waals surface area contributed by atoms with Crippen LogP contribution in [0.3, 0.4) is 0 Å². The molecule has 3 rings (SSSR count). The summed E-state index contributed by atoms with van der Waals surface area (Å²) in [6, 6.07) is 5.02. The van der Waals surface area contributed by atoms with E-state index in [1.807, 2.05) is 13.0 Å². The number of aryl methyl sites for hydroxylation is 1. The van der Waals surface area contributed by atoms with Crippen molar-refractivity contribution < 1.29 is 9.90 Å². The topological polar surface area (TPSA) is 100 Å². The van der Waals surface area contributed by atoms with Gasteiger partial charge in [-0.1, -0.05) is 6.92 Å². The van der Waals surface area contributed by atoms with E-state index in [2.05, 4.69) is 15.2 Å². The molecule has 106 valence electrons. The number of aromatic carboxylic acids is 1. The van der Waals surface area contributed by atoms with E-state index < -0.39 is 11.5 Å². The molecule has 0 bridgehead atoms. The Morgan fingerprint density at radius 1 is 1.43 bits per heavy atom. The van der Waals surface area contributed by atoms with Crippen molar-refractivity contribution in [2.75, 3.05) is 0 Å². The van der Waals surface area contributed by atoms with Gasteiger partial charge in [0.2, 0.25) is 0 Å². The van der Waals surface area contributed by atoms with Crippen LogP contribution in [-0.4, -0.2) is 30.7 Å². The Hall–Kier alpha value is -2.96. The summed E-state index contributed by atoms with van der Waals surface area (Å²) in [6.45, 7) is 1.90. The molecule has 0 aliphatic carbocycles. The fourth-order valence-electron chi connectivity index (χ4n) is 2.24. The monoisotopic (exact) mass is 284 g/mol. The maximum absolute atomic E-state index is 11.9. The Bertz CT molecular complexity index is 895. The third-order valence-electron chi connectivity index (χ3n) is 3.31. The average molecular weight is 284 g/mol.